The fraction of sp³-hybridized carbons (Fsp3) is 1.00. The summed E-state index contributed by atoms with van der Waals surface area (Å²) in [6.45, 7) is 1.91. The molecule has 0 heterocycles. The average molecular weight is 158 g/mol. The molecule has 0 bridgehead atoms. The van der Waals surface area contributed by atoms with E-state index in [4.69, 9.17) is 0 Å². The van der Waals surface area contributed by atoms with Crippen LogP contribution < -0.4 is 0 Å². The van der Waals surface area contributed by atoms with Gasteiger partial charge in [-0.2, -0.15) is 0 Å². The fourth-order valence-electron chi connectivity index (χ4n) is 1.88. The molecule has 0 radical (unpaired) electrons. The minimum Gasteiger partial charge on any atom is -0.390 e. The van der Waals surface area contributed by atoms with E-state index in [1.807, 2.05) is 6.92 Å². The molecule has 2 heteroatoms. The first-order chi connectivity index (χ1) is 5.19. The van der Waals surface area contributed by atoms with E-state index in [-0.39, 0.29) is 0 Å². The van der Waals surface area contributed by atoms with Crippen molar-refractivity contribution in [3.63, 3.8) is 0 Å². The Morgan fingerprint density at radius 3 is 2.27 bits per heavy atom. The number of hydrogen-bond acceptors (Lipinski definition) is 2. The van der Waals surface area contributed by atoms with E-state index >= 15 is 0 Å². The van der Waals surface area contributed by atoms with Crippen molar-refractivity contribution < 1.29 is 10.2 Å². The predicted molar refractivity (Wildman–Crippen MR) is 44.3 cm³/mol. The molecule has 2 nitrogen and oxygen atoms in total. The first-order valence-electron chi connectivity index (χ1n) is 4.59. The van der Waals surface area contributed by atoms with E-state index in [2.05, 4.69) is 0 Å². The number of rotatable bonds is 2. The Bertz CT molecular complexity index is 117. The maximum atomic E-state index is 9.89. The van der Waals surface area contributed by atoms with Gasteiger partial charge in [-0.25, -0.2) is 0 Å². The quantitative estimate of drug-likeness (QED) is 0.638. The molecule has 0 aromatic heterocycles. The first-order valence-corrected chi connectivity index (χ1v) is 4.59. The van der Waals surface area contributed by atoms with Gasteiger partial charge in [0.15, 0.2) is 0 Å². The van der Waals surface area contributed by atoms with Crippen molar-refractivity contribution in [3.05, 3.63) is 0 Å². The summed E-state index contributed by atoms with van der Waals surface area (Å²) in [6.07, 6.45) is 5.04. The molecule has 0 aromatic rings. The van der Waals surface area contributed by atoms with Crippen molar-refractivity contribution >= 4 is 0 Å². The van der Waals surface area contributed by atoms with Crippen LogP contribution in [0.3, 0.4) is 0 Å². The van der Waals surface area contributed by atoms with Crippen LogP contribution in [0.4, 0.5) is 0 Å². The average Bonchev–Trinajstić information content (AvgIpc) is 2.04. The topological polar surface area (TPSA) is 40.5 Å². The van der Waals surface area contributed by atoms with E-state index in [1.54, 1.807) is 0 Å². The smallest absolute Gasteiger partial charge is 0.0905 e. The van der Waals surface area contributed by atoms with Crippen LogP contribution in [0, 0.1) is 0 Å². The lowest BCUT2D eigenvalue weighted by atomic mass is 9.80. The monoisotopic (exact) mass is 158 g/mol. The molecule has 1 aliphatic rings. The number of hydrogen-bond donors (Lipinski definition) is 2. The van der Waals surface area contributed by atoms with Gasteiger partial charge in [-0.05, 0) is 19.3 Å². The van der Waals surface area contributed by atoms with Gasteiger partial charge >= 0.3 is 0 Å². The second kappa shape index (κ2) is 3.55. The van der Waals surface area contributed by atoms with Crippen molar-refractivity contribution in [2.24, 2.45) is 0 Å². The molecule has 0 amide bonds. The van der Waals surface area contributed by atoms with E-state index in [0.717, 1.165) is 25.7 Å². The zero-order valence-corrected chi connectivity index (χ0v) is 7.21. The van der Waals surface area contributed by atoms with E-state index in [1.165, 1.54) is 6.42 Å². The van der Waals surface area contributed by atoms with Gasteiger partial charge in [-0.3, -0.25) is 0 Å². The highest BCUT2D eigenvalue weighted by molar-refractivity contribution is 4.88. The molecule has 1 saturated carbocycles. The SMILES string of the molecule is CCC(O)C1(O)CCCCC1. The molecule has 1 fully saturated rings. The minimum absolute atomic E-state index is 0.511. The van der Waals surface area contributed by atoms with Crippen LogP contribution in [0.1, 0.15) is 45.4 Å². The normalized spacial score (nSPS) is 26.5. The Hall–Kier alpha value is -0.0800. The Balaban J connectivity index is 2.49. The Labute approximate surface area is 68.2 Å². The highest BCUT2D eigenvalue weighted by atomic mass is 16.3. The van der Waals surface area contributed by atoms with E-state index in [0.29, 0.717) is 6.42 Å². The van der Waals surface area contributed by atoms with Crippen molar-refractivity contribution in [1.29, 1.82) is 0 Å². The maximum Gasteiger partial charge on any atom is 0.0905 e. The van der Waals surface area contributed by atoms with Gasteiger partial charge < -0.3 is 10.2 Å². The van der Waals surface area contributed by atoms with Crippen LogP contribution in [0.25, 0.3) is 0 Å². The zero-order chi connectivity index (χ0) is 8.32. The van der Waals surface area contributed by atoms with Gasteiger partial charge in [0.05, 0.1) is 11.7 Å². The van der Waals surface area contributed by atoms with Gasteiger partial charge in [0, 0.05) is 0 Å². The van der Waals surface area contributed by atoms with Gasteiger partial charge in [-0.1, -0.05) is 26.2 Å². The number of aliphatic hydroxyl groups is 2. The van der Waals surface area contributed by atoms with Crippen LogP contribution in [0.2, 0.25) is 0 Å². The summed E-state index contributed by atoms with van der Waals surface area (Å²) in [5, 5.41) is 19.4. The van der Waals surface area contributed by atoms with Crippen LogP contribution in [-0.4, -0.2) is 21.9 Å². The first kappa shape index (κ1) is 9.01. The predicted octanol–water partition coefficient (Wildman–Crippen LogP) is 1.45. The highest BCUT2D eigenvalue weighted by Gasteiger charge is 2.35. The molecular formula is C9H18O2. The lowest BCUT2D eigenvalue weighted by molar-refractivity contribution is -0.0976. The lowest BCUT2D eigenvalue weighted by Crippen LogP contribution is -2.43. The van der Waals surface area contributed by atoms with Crippen LogP contribution in [0.5, 0.6) is 0 Å². The Morgan fingerprint density at radius 1 is 1.27 bits per heavy atom. The van der Waals surface area contributed by atoms with Crippen molar-refractivity contribution in [2.75, 3.05) is 0 Å². The molecular weight excluding hydrogens is 140 g/mol. The van der Waals surface area contributed by atoms with Crippen LogP contribution in [0.15, 0.2) is 0 Å². The summed E-state index contributed by atoms with van der Waals surface area (Å²) in [6, 6.07) is 0. The molecule has 11 heavy (non-hydrogen) atoms. The molecule has 2 N–H and O–H groups in total. The Morgan fingerprint density at radius 2 is 1.82 bits per heavy atom. The van der Waals surface area contributed by atoms with Gasteiger partial charge in [0.1, 0.15) is 0 Å². The fourth-order valence-corrected chi connectivity index (χ4v) is 1.88. The summed E-state index contributed by atoms with van der Waals surface area (Å²) in [7, 11) is 0. The van der Waals surface area contributed by atoms with Crippen molar-refractivity contribution in [3.8, 4) is 0 Å². The van der Waals surface area contributed by atoms with Crippen LogP contribution in [-0.2, 0) is 0 Å². The molecule has 66 valence electrons. The molecule has 0 saturated heterocycles. The van der Waals surface area contributed by atoms with Crippen molar-refractivity contribution in [1.82, 2.24) is 0 Å². The maximum absolute atomic E-state index is 9.89. The number of aliphatic hydroxyl groups excluding tert-OH is 1. The third kappa shape index (κ3) is 1.94. The van der Waals surface area contributed by atoms with E-state index < -0.39 is 11.7 Å². The molecule has 1 rings (SSSR count). The third-order valence-corrected chi connectivity index (χ3v) is 2.73. The van der Waals surface area contributed by atoms with Crippen molar-refractivity contribution in [2.45, 2.75) is 57.2 Å². The Kier molecular flexibility index (Phi) is 2.90. The summed E-state index contributed by atoms with van der Waals surface area (Å²) < 4.78 is 0. The summed E-state index contributed by atoms with van der Waals surface area (Å²) in [4.78, 5) is 0. The standard InChI is InChI=1S/C9H18O2/c1-2-8(10)9(11)6-4-3-5-7-9/h8,10-11H,2-7H2,1H3. The summed E-state index contributed by atoms with van der Waals surface area (Å²) >= 11 is 0. The molecule has 1 unspecified atom stereocenters. The van der Waals surface area contributed by atoms with Gasteiger partial charge in [0.25, 0.3) is 0 Å². The summed E-state index contributed by atoms with van der Waals surface area (Å²) in [5.74, 6) is 0. The second-order valence-corrected chi connectivity index (χ2v) is 3.59. The van der Waals surface area contributed by atoms with Crippen LogP contribution >= 0.6 is 0 Å². The zero-order valence-electron chi connectivity index (χ0n) is 7.21. The highest BCUT2D eigenvalue weighted by Crippen LogP contribution is 2.31. The largest absolute Gasteiger partial charge is 0.390 e. The third-order valence-electron chi connectivity index (χ3n) is 2.73. The van der Waals surface area contributed by atoms with E-state index in [9.17, 15) is 10.2 Å². The van der Waals surface area contributed by atoms with Gasteiger partial charge in [-0.15, -0.1) is 0 Å². The molecule has 0 spiro atoms. The minimum atomic E-state index is -0.757. The molecule has 1 aliphatic carbocycles. The lowest BCUT2D eigenvalue weighted by Gasteiger charge is -2.35. The summed E-state index contributed by atoms with van der Waals surface area (Å²) in [5.41, 5.74) is -0.757. The van der Waals surface area contributed by atoms with Gasteiger partial charge in [0.2, 0.25) is 0 Å². The molecule has 1 atom stereocenters. The second-order valence-electron chi connectivity index (χ2n) is 3.59. The molecule has 0 aromatic carbocycles. The molecule has 0 aliphatic heterocycles.